The van der Waals surface area contributed by atoms with Crippen molar-refractivity contribution in [3.8, 4) is 0 Å². The number of hydrogen-bond acceptors (Lipinski definition) is 3. The first-order valence-electron chi connectivity index (χ1n) is 4.30. The molecule has 0 spiro atoms. The minimum absolute atomic E-state index is 0.0973. The molecule has 0 aliphatic carbocycles. The molecule has 1 N–H and O–H groups in total. The summed E-state index contributed by atoms with van der Waals surface area (Å²) in [6, 6.07) is 0. The summed E-state index contributed by atoms with van der Waals surface area (Å²) < 4.78 is 0. The Morgan fingerprint density at radius 2 is 2.38 bits per heavy atom. The van der Waals surface area contributed by atoms with Gasteiger partial charge in [-0.1, -0.05) is 6.92 Å². The van der Waals surface area contributed by atoms with Crippen LogP contribution in [0.4, 0.5) is 0 Å². The van der Waals surface area contributed by atoms with E-state index >= 15 is 0 Å². The lowest BCUT2D eigenvalue weighted by atomic mass is 10.2. The van der Waals surface area contributed by atoms with E-state index in [4.69, 9.17) is 0 Å². The maximum absolute atomic E-state index is 11.4. The van der Waals surface area contributed by atoms with Crippen LogP contribution in [-0.2, 0) is 0 Å². The number of carbonyl (C=O) groups is 1. The highest BCUT2D eigenvalue weighted by Crippen LogP contribution is 2.00. The Labute approximate surface area is 77.4 Å². The molecule has 0 fully saturated rings. The Morgan fingerprint density at radius 3 is 3.00 bits per heavy atom. The van der Waals surface area contributed by atoms with Crippen molar-refractivity contribution in [3.63, 3.8) is 0 Å². The van der Waals surface area contributed by atoms with E-state index in [1.165, 1.54) is 12.5 Å². The molecule has 1 aromatic rings. The van der Waals surface area contributed by atoms with E-state index in [-0.39, 0.29) is 5.91 Å². The standard InChI is InChI=1S/C9H13N3O/c1-3-4-11-9(13)8-5-10-6-12-7(8)2/h5-6H,3-4H2,1-2H3,(H,11,13). The molecule has 0 radical (unpaired) electrons. The van der Waals surface area contributed by atoms with E-state index in [0.717, 1.165) is 6.42 Å². The molecule has 1 amide bonds. The van der Waals surface area contributed by atoms with Gasteiger partial charge in [-0.25, -0.2) is 9.97 Å². The Kier molecular flexibility index (Phi) is 3.37. The zero-order valence-electron chi connectivity index (χ0n) is 7.87. The fourth-order valence-electron chi connectivity index (χ4n) is 0.947. The number of nitrogens with one attached hydrogen (secondary N) is 1. The maximum atomic E-state index is 11.4. The molecule has 0 aliphatic heterocycles. The van der Waals surface area contributed by atoms with Crippen LogP contribution in [0.15, 0.2) is 12.5 Å². The summed E-state index contributed by atoms with van der Waals surface area (Å²) in [6.45, 7) is 4.49. The largest absolute Gasteiger partial charge is 0.352 e. The number of nitrogens with zero attached hydrogens (tertiary/aromatic N) is 2. The van der Waals surface area contributed by atoms with E-state index in [0.29, 0.717) is 17.8 Å². The van der Waals surface area contributed by atoms with Crippen LogP contribution >= 0.6 is 0 Å². The predicted molar refractivity (Wildman–Crippen MR) is 49.4 cm³/mol. The number of carbonyl (C=O) groups excluding carboxylic acids is 1. The molecule has 0 aromatic carbocycles. The number of amides is 1. The summed E-state index contributed by atoms with van der Waals surface area (Å²) in [5.74, 6) is -0.0973. The van der Waals surface area contributed by atoms with Crippen LogP contribution in [-0.4, -0.2) is 22.4 Å². The quantitative estimate of drug-likeness (QED) is 0.750. The van der Waals surface area contributed by atoms with Crippen molar-refractivity contribution in [1.29, 1.82) is 0 Å². The number of hydrogen-bond donors (Lipinski definition) is 1. The highest BCUT2D eigenvalue weighted by Gasteiger charge is 2.07. The molecule has 0 aliphatic rings. The fourth-order valence-corrected chi connectivity index (χ4v) is 0.947. The highest BCUT2D eigenvalue weighted by molar-refractivity contribution is 5.94. The van der Waals surface area contributed by atoms with Gasteiger partial charge in [0, 0.05) is 12.7 Å². The molecule has 4 heteroatoms. The molecule has 0 saturated heterocycles. The lowest BCUT2D eigenvalue weighted by molar-refractivity contribution is 0.0952. The van der Waals surface area contributed by atoms with Gasteiger partial charge in [-0.15, -0.1) is 0 Å². The SMILES string of the molecule is CCCNC(=O)c1cncnc1C. The first-order valence-corrected chi connectivity index (χ1v) is 4.30. The second-order valence-electron chi connectivity index (χ2n) is 2.78. The van der Waals surface area contributed by atoms with Crippen molar-refractivity contribution in [3.05, 3.63) is 23.8 Å². The van der Waals surface area contributed by atoms with Gasteiger partial charge < -0.3 is 5.32 Å². The van der Waals surface area contributed by atoms with E-state index in [1.807, 2.05) is 6.92 Å². The zero-order valence-corrected chi connectivity index (χ0v) is 7.87. The molecule has 1 heterocycles. The highest BCUT2D eigenvalue weighted by atomic mass is 16.1. The predicted octanol–water partition coefficient (Wildman–Crippen LogP) is 0.925. The summed E-state index contributed by atoms with van der Waals surface area (Å²) >= 11 is 0. The third-order valence-corrected chi connectivity index (χ3v) is 1.69. The molecule has 13 heavy (non-hydrogen) atoms. The Balaban J connectivity index is 2.71. The van der Waals surface area contributed by atoms with Crippen LogP contribution in [0.3, 0.4) is 0 Å². The lowest BCUT2D eigenvalue weighted by Gasteiger charge is -2.04. The number of aromatic nitrogens is 2. The Bertz CT molecular complexity index is 299. The minimum atomic E-state index is -0.0973. The summed E-state index contributed by atoms with van der Waals surface area (Å²) in [4.78, 5) is 19.2. The van der Waals surface area contributed by atoms with Crippen molar-refractivity contribution >= 4 is 5.91 Å². The number of rotatable bonds is 3. The van der Waals surface area contributed by atoms with Crippen molar-refractivity contribution in [1.82, 2.24) is 15.3 Å². The van der Waals surface area contributed by atoms with Gasteiger partial charge in [0.15, 0.2) is 0 Å². The number of aryl methyl sites for hydroxylation is 1. The van der Waals surface area contributed by atoms with Gasteiger partial charge in [0.2, 0.25) is 0 Å². The van der Waals surface area contributed by atoms with Crippen LogP contribution in [0, 0.1) is 6.92 Å². The summed E-state index contributed by atoms with van der Waals surface area (Å²) in [5.41, 5.74) is 1.26. The van der Waals surface area contributed by atoms with E-state index < -0.39 is 0 Å². The summed E-state index contributed by atoms with van der Waals surface area (Å²) in [7, 11) is 0. The van der Waals surface area contributed by atoms with Gasteiger partial charge in [0.1, 0.15) is 6.33 Å². The second-order valence-corrected chi connectivity index (χ2v) is 2.78. The molecule has 4 nitrogen and oxygen atoms in total. The summed E-state index contributed by atoms with van der Waals surface area (Å²) in [6.07, 6.45) is 3.90. The molecule has 0 saturated carbocycles. The molecular weight excluding hydrogens is 166 g/mol. The van der Waals surface area contributed by atoms with Crippen LogP contribution in [0.5, 0.6) is 0 Å². The third kappa shape index (κ3) is 2.50. The Hall–Kier alpha value is -1.45. The van der Waals surface area contributed by atoms with Gasteiger partial charge in [-0.05, 0) is 13.3 Å². The van der Waals surface area contributed by atoms with Gasteiger partial charge in [-0.2, -0.15) is 0 Å². The monoisotopic (exact) mass is 179 g/mol. The molecule has 70 valence electrons. The van der Waals surface area contributed by atoms with Crippen molar-refractivity contribution < 1.29 is 4.79 Å². The van der Waals surface area contributed by atoms with Crippen molar-refractivity contribution in [2.75, 3.05) is 6.54 Å². The molecule has 1 aromatic heterocycles. The lowest BCUT2D eigenvalue weighted by Crippen LogP contribution is -2.25. The van der Waals surface area contributed by atoms with Gasteiger partial charge in [0.05, 0.1) is 11.3 Å². The molecule has 1 rings (SSSR count). The second kappa shape index (κ2) is 4.54. The van der Waals surface area contributed by atoms with Gasteiger partial charge in [-0.3, -0.25) is 4.79 Å². The van der Waals surface area contributed by atoms with Crippen LogP contribution in [0.2, 0.25) is 0 Å². The normalized spacial score (nSPS) is 9.69. The van der Waals surface area contributed by atoms with Crippen molar-refractivity contribution in [2.24, 2.45) is 0 Å². The molecule has 0 atom stereocenters. The third-order valence-electron chi connectivity index (χ3n) is 1.69. The van der Waals surface area contributed by atoms with Crippen molar-refractivity contribution in [2.45, 2.75) is 20.3 Å². The Morgan fingerprint density at radius 1 is 1.62 bits per heavy atom. The first-order chi connectivity index (χ1) is 6.25. The van der Waals surface area contributed by atoms with Crippen LogP contribution in [0.1, 0.15) is 29.4 Å². The summed E-state index contributed by atoms with van der Waals surface area (Å²) in [5, 5.41) is 2.77. The fraction of sp³-hybridized carbons (Fsp3) is 0.444. The molecular formula is C9H13N3O. The van der Waals surface area contributed by atoms with E-state index in [2.05, 4.69) is 15.3 Å². The van der Waals surface area contributed by atoms with Gasteiger partial charge in [0.25, 0.3) is 5.91 Å². The maximum Gasteiger partial charge on any atom is 0.254 e. The zero-order chi connectivity index (χ0) is 9.68. The topological polar surface area (TPSA) is 54.9 Å². The van der Waals surface area contributed by atoms with E-state index in [1.54, 1.807) is 6.92 Å². The average molecular weight is 179 g/mol. The van der Waals surface area contributed by atoms with Gasteiger partial charge >= 0.3 is 0 Å². The average Bonchev–Trinajstić information content (AvgIpc) is 2.15. The minimum Gasteiger partial charge on any atom is -0.352 e. The molecule has 0 bridgehead atoms. The smallest absolute Gasteiger partial charge is 0.254 e. The molecule has 0 unspecified atom stereocenters. The van der Waals surface area contributed by atoms with E-state index in [9.17, 15) is 4.79 Å². The van der Waals surface area contributed by atoms with Crippen LogP contribution in [0.25, 0.3) is 0 Å². The van der Waals surface area contributed by atoms with Crippen LogP contribution < -0.4 is 5.32 Å². The first kappa shape index (κ1) is 9.64.